The Labute approximate surface area is 165 Å². The second kappa shape index (κ2) is 9.51. The molecule has 0 heterocycles. The minimum Gasteiger partial charge on any atom is -0.490 e. The molecule has 0 unspecified atom stereocenters. The average Bonchev–Trinajstić information content (AvgIpc) is 2.60. The van der Waals surface area contributed by atoms with Gasteiger partial charge in [-0.05, 0) is 36.1 Å². The molecule has 0 aliphatic carbocycles. The first kappa shape index (κ1) is 20.9. The molecule has 27 heavy (non-hydrogen) atoms. The maximum atomic E-state index is 8.70. The minimum atomic E-state index is -0.00696. The highest BCUT2D eigenvalue weighted by Crippen LogP contribution is 2.36. The van der Waals surface area contributed by atoms with Crippen LogP contribution in [0.25, 0.3) is 0 Å². The van der Waals surface area contributed by atoms with E-state index in [-0.39, 0.29) is 5.41 Å². The first-order valence-electron chi connectivity index (χ1n) is 8.85. The molecule has 0 amide bonds. The second-order valence-corrected chi connectivity index (χ2v) is 7.36. The fourth-order valence-corrected chi connectivity index (χ4v) is 2.91. The molecule has 0 aliphatic rings. The van der Waals surface area contributed by atoms with Gasteiger partial charge in [-0.2, -0.15) is 0 Å². The van der Waals surface area contributed by atoms with Crippen LogP contribution in [0.3, 0.4) is 0 Å². The van der Waals surface area contributed by atoms with Gasteiger partial charge in [0.15, 0.2) is 11.5 Å². The van der Waals surface area contributed by atoms with Gasteiger partial charge in [0.1, 0.15) is 19.0 Å². The number of halogens is 1. The molecule has 2 aromatic carbocycles. The summed E-state index contributed by atoms with van der Waals surface area (Å²) in [5.74, 6) is 1.79. The minimum absolute atomic E-state index is 0.00696. The molecule has 0 radical (unpaired) electrons. The van der Waals surface area contributed by atoms with Crippen molar-refractivity contribution in [2.75, 3.05) is 19.8 Å². The molecule has 0 saturated heterocycles. The van der Waals surface area contributed by atoms with E-state index in [1.807, 2.05) is 25.1 Å². The summed E-state index contributed by atoms with van der Waals surface area (Å²) in [5.41, 5.74) is 1.76. The summed E-state index contributed by atoms with van der Waals surface area (Å²) in [6, 6.07) is 11.4. The van der Waals surface area contributed by atoms with Crippen molar-refractivity contribution in [3.63, 3.8) is 0 Å². The summed E-state index contributed by atoms with van der Waals surface area (Å²) >= 11 is 6.30. The molecule has 0 atom stereocenters. The van der Waals surface area contributed by atoms with Gasteiger partial charge in [0.05, 0.1) is 17.8 Å². The molecule has 2 rings (SSSR count). The van der Waals surface area contributed by atoms with E-state index in [1.165, 1.54) is 6.21 Å². The monoisotopic (exact) mass is 391 g/mol. The van der Waals surface area contributed by atoms with Gasteiger partial charge in [-0.25, -0.2) is 0 Å². The first-order chi connectivity index (χ1) is 12.9. The number of para-hydroxylation sites is 1. The SMILES string of the molecule is CCOc1cc(C=NO)cc(Cl)c1OCCOc1ccccc1C(C)(C)C. The Kier molecular flexibility index (Phi) is 7.36. The van der Waals surface area contributed by atoms with Crippen LogP contribution in [0.4, 0.5) is 0 Å². The number of hydrogen-bond acceptors (Lipinski definition) is 5. The van der Waals surface area contributed by atoms with Crippen molar-refractivity contribution in [3.05, 3.63) is 52.5 Å². The second-order valence-electron chi connectivity index (χ2n) is 6.95. The van der Waals surface area contributed by atoms with Gasteiger partial charge >= 0.3 is 0 Å². The van der Waals surface area contributed by atoms with Gasteiger partial charge in [0, 0.05) is 5.56 Å². The Morgan fingerprint density at radius 3 is 2.41 bits per heavy atom. The molecule has 5 nitrogen and oxygen atoms in total. The molecule has 6 heteroatoms. The molecule has 146 valence electrons. The number of ether oxygens (including phenoxy) is 3. The van der Waals surface area contributed by atoms with Gasteiger partial charge in [-0.3, -0.25) is 0 Å². The predicted octanol–water partition coefficient (Wildman–Crippen LogP) is 5.30. The number of hydrogen-bond donors (Lipinski definition) is 1. The molecular weight excluding hydrogens is 366 g/mol. The van der Waals surface area contributed by atoms with E-state index >= 15 is 0 Å². The van der Waals surface area contributed by atoms with Gasteiger partial charge in [-0.1, -0.05) is 55.7 Å². The molecule has 2 aromatic rings. The summed E-state index contributed by atoms with van der Waals surface area (Å²) < 4.78 is 17.3. The zero-order chi connectivity index (χ0) is 19.9. The number of oxime groups is 1. The standard InChI is InChI=1S/C21H26ClNO4/c1-5-25-19-13-15(14-23-24)12-17(22)20(19)27-11-10-26-18-9-7-6-8-16(18)21(2,3)4/h6-9,12-14,24H,5,10-11H2,1-4H3. The van der Waals surface area contributed by atoms with Gasteiger partial charge in [0.2, 0.25) is 0 Å². The first-order valence-corrected chi connectivity index (χ1v) is 9.23. The summed E-state index contributed by atoms with van der Waals surface area (Å²) in [6.07, 6.45) is 1.28. The Balaban J connectivity index is 2.06. The normalized spacial score (nSPS) is 11.6. The van der Waals surface area contributed by atoms with Crippen molar-refractivity contribution < 1.29 is 19.4 Å². The Morgan fingerprint density at radius 2 is 1.74 bits per heavy atom. The van der Waals surface area contributed by atoms with Crippen molar-refractivity contribution >= 4 is 17.8 Å². The molecular formula is C21H26ClNO4. The van der Waals surface area contributed by atoms with Crippen LogP contribution in [0.2, 0.25) is 5.02 Å². The molecule has 0 aromatic heterocycles. The maximum absolute atomic E-state index is 8.70. The third-order valence-corrected chi connectivity index (χ3v) is 4.10. The molecule has 0 saturated carbocycles. The maximum Gasteiger partial charge on any atom is 0.179 e. The lowest BCUT2D eigenvalue weighted by atomic mass is 9.86. The van der Waals surface area contributed by atoms with Crippen molar-refractivity contribution in [3.8, 4) is 17.2 Å². The van der Waals surface area contributed by atoms with Crippen LogP contribution < -0.4 is 14.2 Å². The summed E-state index contributed by atoms with van der Waals surface area (Å²) in [5, 5.41) is 12.1. The van der Waals surface area contributed by atoms with E-state index in [0.717, 1.165) is 11.3 Å². The largest absolute Gasteiger partial charge is 0.490 e. The fourth-order valence-electron chi connectivity index (χ4n) is 2.64. The Hall–Kier alpha value is -2.40. The fraction of sp³-hybridized carbons (Fsp3) is 0.381. The van der Waals surface area contributed by atoms with Crippen molar-refractivity contribution in [2.24, 2.45) is 5.16 Å². The Morgan fingerprint density at radius 1 is 1.04 bits per heavy atom. The average molecular weight is 392 g/mol. The van der Waals surface area contributed by atoms with E-state index in [9.17, 15) is 0 Å². The zero-order valence-corrected chi connectivity index (χ0v) is 16.9. The summed E-state index contributed by atoms with van der Waals surface area (Å²) in [4.78, 5) is 0. The van der Waals surface area contributed by atoms with Crippen LogP contribution in [0.15, 0.2) is 41.6 Å². The molecule has 0 fully saturated rings. The predicted molar refractivity (Wildman–Crippen MR) is 108 cm³/mol. The molecule has 0 bridgehead atoms. The van der Waals surface area contributed by atoms with Crippen LogP contribution >= 0.6 is 11.6 Å². The molecule has 1 N–H and O–H groups in total. The molecule has 0 spiro atoms. The number of nitrogens with zero attached hydrogens (tertiary/aromatic N) is 1. The van der Waals surface area contributed by atoms with Crippen LogP contribution in [0.1, 0.15) is 38.8 Å². The van der Waals surface area contributed by atoms with E-state index < -0.39 is 0 Å². The summed E-state index contributed by atoms with van der Waals surface area (Å²) in [7, 11) is 0. The topological polar surface area (TPSA) is 60.3 Å². The third-order valence-electron chi connectivity index (χ3n) is 3.82. The van der Waals surface area contributed by atoms with Gasteiger partial charge in [-0.15, -0.1) is 0 Å². The highest BCUT2D eigenvalue weighted by Gasteiger charge is 2.18. The lowest BCUT2D eigenvalue weighted by molar-refractivity contribution is 0.206. The van der Waals surface area contributed by atoms with E-state index in [1.54, 1.807) is 12.1 Å². The highest BCUT2D eigenvalue weighted by molar-refractivity contribution is 6.32. The highest BCUT2D eigenvalue weighted by atomic mass is 35.5. The van der Waals surface area contributed by atoms with Crippen LogP contribution in [0.5, 0.6) is 17.2 Å². The van der Waals surface area contributed by atoms with E-state index in [2.05, 4.69) is 32.0 Å². The smallest absolute Gasteiger partial charge is 0.179 e. The lowest BCUT2D eigenvalue weighted by Crippen LogP contribution is -2.16. The van der Waals surface area contributed by atoms with Crippen molar-refractivity contribution in [1.82, 2.24) is 0 Å². The van der Waals surface area contributed by atoms with Crippen molar-refractivity contribution in [1.29, 1.82) is 0 Å². The number of benzene rings is 2. The van der Waals surface area contributed by atoms with Crippen LogP contribution in [-0.4, -0.2) is 31.2 Å². The quantitative estimate of drug-likeness (QED) is 0.287. The van der Waals surface area contributed by atoms with Gasteiger partial charge < -0.3 is 19.4 Å². The van der Waals surface area contributed by atoms with Gasteiger partial charge in [0.25, 0.3) is 0 Å². The van der Waals surface area contributed by atoms with E-state index in [0.29, 0.717) is 41.9 Å². The molecule has 0 aliphatic heterocycles. The van der Waals surface area contributed by atoms with Crippen LogP contribution in [0, 0.1) is 0 Å². The third kappa shape index (κ3) is 5.79. The van der Waals surface area contributed by atoms with Crippen molar-refractivity contribution in [2.45, 2.75) is 33.1 Å². The number of rotatable bonds is 8. The lowest BCUT2D eigenvalue weighted by Gasteiger charge is -2.22. The zero-order valence-electron chi connectivity index (χ0n) is 16.2. The summed E-state index contributed by atoms with van der Waals surface area (Å²) in [6.45, 7) is 9.46. The Bertz CT molecular complexity index is 784. The van der Waals surface area contributed by atoms with Crippen LogP contribution in [-0.2, 0) is 5.41 Å². The van der Waals surface area contributed by atoms with E-state index in [4.69, 9.17) is 31.0 Å².